The highest BCUT2D eigenvalue weighted by Gasteiger charge is 2.28. The Hall–Kier alpha value is -3.24. The Morgan fingerprint density at radius 3 is 2.24 bits per heavy atom. The van der Waals surface area contributed by atoms with E-state index in [4.69, 9.17) is 11.6 Å². The summed E-state index contributed by atoms with van der Waals surface area (Å²) in [7, 11) is -3.99. The van der Waals surface area contributed by atoms with Crippen molar-refractivity contribution in [3.8, 4) is 5.69 Å². The van der Waals surface area contributed by atoms with E-state index in [9.17, 15) is 18.0 Å². The van der Waals surface area contributed by atoms with Crippen molar-refractivity contribution in [2.45, 2.75) is 10.3 Å². The number of rotatable bonds is 7. The first kappa shape index (κ1) is 22.9. The van der Waals surface area contributed by atoms with Crippen molar-refractivity contribution in [1.82, 2.24) is 9.29 Å². The number of halogens is 1. The number of benzene rings is 2. The first-order chi connectivity index (χ1) is 15.8. The molecule has 2 aromatic carbocycles. The molecule has 0 aliphatic heterocycles. The molecular formula is C23H18ClN3O4S2. The molecule has 1 atom stereocenters. The molecule has 2 N–H and O–H groups in total. The standard InChI is InChI=1S/C23H18ClN3O4S2/c24-19-13-14-21(32-19)33(30,31)26-22(16-6-2-1-3-7-16)23(29)25-17-9-11-18(12-10-17)27-15-5-4-8-20(27)28/h1-15,22,26H,(H,25,29). The van der Waals surface area contributed by atoms with E-state index in [1.54, 1.807) is 72.9 Å². The second kappa shape index (κ2) is 9.72. The minimum Gasteiger partial charge on any atom is -0.324 e. The van der Waals surface area contributed by atoms with Crippen LogP contribution in [0.25, 0.3) is 5.69 Å². The second-order valence-corrected chi connectivity index (χ2v) is 10.6. The third-order valence-corrected chi connectivity index (χ3v) is 7.86. The molecule has 1 amide bonds. The van der Waals surface area contributed by atoms with Gasteiger partial charge in [0.15, 0.2) is 0 Å². The highest BCUT2D eigenvalue weighted by Crippen LogP contribution is 2.27. The molecule has 2 heterocycles. The summed E-state index contributed by atoms with van der Waals surface area (Å²) in [4.78, 5) is 25.1. The van der Waals surface area contributed by atoms with Gasteiger partial charge in [-0.3, -0.25) is 14.2 Å². The second-order valence-electron chi connectivity index (χ2n) is 6.97. The van der Waals surface area contributed by atoms with Gasteiger partial charge in [0.05, 0.1) is 4.34 Å². The molecule has 0 saturated heterocycles. The van der Waals surface area contributed by atoms with E-state index < -0.39 is 22.0 Å². The summed E-state index contributed by atoms with van der Waals surface area (Å²) >= 11 is 6.79. The lowest BCUT2D eigenvalue weighted by molar-refractivity contribution is -0.117. The molecule has 10 heteroatoms. The average Bonchev–Trinajstić information content (AvgIpc) is 3.26. The van der Waals surface area contributed by atoms with Gasteiger partial charge < -0.3 is 5.32 Å². The monoisotopic (exact) mass is 499 g/mol. The number of pyridine rings is 1. The van der Waals surface area contributed by atoms with Crippen molar-refractivity contribution in [3.05, 3.63) is 111 Å². The van der Waals surface area contributed by atoms with Gasteiger partial charge in [-0.2, -0.15) is 4.72 Å². The molecule has 0 radical (unpaired) electrons. The molecule has 0 aliphatic carbocycles. The number of hydrogen-bond donors (Lipinski definition) is 2. The van der Waals surface area contributed by atoms with Gasteiger partial charge >= 0.3 is 0 Å². The van der Waals surface area contributed by atoms with Crippen molar-refractivity contribution in [1.29, 1.82) is 0 Å². The first-order valence-corrected chi connectivity index (χ1v) is 12.4. The topological polar surface area (TPSA) is 97.3 Å². The summed E-state index contributed by atoms with van der Waals surface area (Å²) in [6, 6.07) is 21.8. The maximum atomic E-state index is 13.1. The van der Waals surface area contributed by atoms with E-state index in [1.807, 2.05) is 0 Å². The quantitative estimate of drug-likeness (QED) is 0.398. The summed E-state index contributed by atoms with van der Waals surface area (Å²) < 4.78 is 30.0. The number of sulfonamides is 1. The van der Waals surface area contributed by atoms with E-state index in [-0.39, 0.29) is 9.77 Å². The summed E-state index contributed by atoms with van der Waals surface area (Å²) in [5.74, 6) is -0.558. The fourth-order valence-electron chi connectivity index (χ4n) is 3.13. The number of hydrogen-bond acceptors (Lipinski definition) is 5. The minimum absolute atomic E-state index is 0.0129. The van der Waals surface area contributed by atoms with Crippen LogP contribution in [-0.2, 0) is 14.8 Å². The van der Waals surface area contributed by atoms with Crippen LogP contribution in [0.1, 0.15) is 11.6 Å². The number of thiophene rings is 1. The Balaban J connectivity index is 1.58. The lowest BCUT2D eigenvalue weighted by atomic mass is 10.1. The van der Waals surface area contributed by atoms with E-state index in [2.05, 4.69) is 10.0 Å². The van der Waals surface area contributed by atoms with Crippen LogP contribution in [0.4, 0.5) is 5.69 Å². The maximum Gasteiger partial charge on any atom is 0.255 e. The molecule has 0 spiro atoms. The fraction of sp³-hybridized carbons (Fsp3) is 0.0435. The smallest absolute Gasteiger partial charge is 0.255 e. The number of nitrogens with zero attached hydrogens (tertiary/aromatic N) is 1. The van der Waals surface area contributed by atoms with Gasteiger partial charge in [-0.1, -0.05) is 48.0 Å². The third kappa shape index (κ3) is 5.40. The van der Waals surface area contributed by atoms with Gasteiger partial charge in [0.1, 0.15) is 10.3 Å². The highest BCUT2D eigenvalue weighted by atomic mass is 35.5. The number of nitrogens with one attached hydrogen (secondary N) is 2. The van der Waals surface area contributed by atoms with Crippen LogP contribution < -0.4 is 15.6 Å². The van der Waals surface area contributed by atoms with E-state index >= 15 is 0 Å². The van der Waals surface area contributed by atoms with Crippen LogP contribution in [0.2, 0.25) is 4.34 Å². The maximum absolute atomic E-state index is 13.1. The molecule has 168 valence electrons. The highest BCUT2D eigenvalue weighted by molar-refractivity contribution is 7.91. The average molecular weight is 500 g/mol. The van der Waals surface area contributed by atoms with Crippen LogP contribution in [0, 0.1) is 0 Å². The predicted octanol–water partition coefficient (Wildman–Crippen LogP) is 4.21. The lowest BCUT2D eigenvalue weighted by Gasteiger charge is -2.19. The molecule has 0 aliphatic rings. The van der Waals surface area contributed by atoms with Crippen LogP contribution in [0.15, 0.2) is 100 Å². The molecule has 7 nitrogen and oxygen atoms in total. The molecule has 1 unspecified atom stereocenters. The van der Waals surface area contributed by atoms with E-state index in [1.165, 1.54) is 22.8 Å². The number of carbonyl (C=O) groups is 1. The molecule has 4 rings (SSSR count). The summed E-state index contributed by atoms with van der Waals surface area (Å²) in [5.41, 5.74) is 1.38. The Bertz CT molecular complexity index is 1430. The van der Waals surface area contributed by atoms with Gasteiger partial charge in [0.25, 0.3) is 15.6 Å². The third-order valence-electron chi connectivity index (χ3n) is 4.72. The Morgan fingerprint density at radius 2 is 1.61 bits per heavy atom. The van der Waals surface area contributed by atoms with Crippen LogP contribution in [0.3, 0.4) is 0 Å². The number of anilines is 1. The van der Waals surface area contributed by atoms with Gasteiger partial charge in [-0.15, -0.1) is 11.3 Å². The lowest BCUT2D eigenvalue weighted by Crippen LogP contribution is -2.36. The van der Waals surface area contributed by atoms with Gasteiger partial charge in [-0.05, 0) is 48.0 Å². The largest absolute Gasteiger partial charge is 0.324 e. The summed E-state index contributed by atoms with van der Waals surface area (Å²) in [6.07, 6.45) is 1.65. The van der Waals surface area contributed by atoms with Crippen LogP contribution >= 0.6 is 22.9 Å². The van der Waals surface area contributed by atoms with E-state index in [0.29, 0.717) is 21.3 Å². The van der Waals surface area contributed by atoms with Crippen LogP contribution in [-0.4, -0.2) is 18.9 Å². The van der Waals surface area contributed by atoms with Gasteiger partial charge in [0.2, 0.25) is 5.91 Å². The normalized spacial score (nSPS) is 12.3. The molecule has 2 aromatic heterocycles. The Kier molecular flexibility index (Phi) is 6.75. The number of amides is 1. The van der Waals surface area contributed by atoms with Crippen molar-refractivity contribution in [2.75, 3.05) is 5.32 Å². The van der Waals surface area contributed by atoms with Crippen molar-refractivity contribution in [2.24, 2.45) is 0 Å². The molecule has 4 aromatic rings. The van der Waals surface area contributed by atoms with Gasteiger partial charge in [0, 0.05) is 23.6 Å². The molecule has 0 fully saturated rings. The Labute approximate surface area is 199 Å². The molecule has 33 heavy (non-hydrogen) atoms. The minimum atomic E-state index is -3.99. The number of carbonyl (C=O) groups excluding carboxylic acids is 1. The van der Waals surface area contributed by atoms with Gasteiger partial charge in [-0.25, -0.2) is 8.42 Å². The molecule has 0 bridgehead atoms. The molecular weight excluding hydrogens is 482 g/mol. The van der Waals surface area contributed by atoms with Crippen molar-refractivity contribution in [3.63, 3.8) is 0 Å². The zero-order chi connectivity index (χ0) is 23.4. The SMILES string of the molecule is O=C(Nc1ccc(-n2ccccc2=O)cc1)C(NS(=O)(=O)c1ccc(Cl)s1)c1ccccc1. The van der Waals surface area contributed by atoms with E-state index in [0.717, 1.165) is 11.3 Å². The van der Waals surface area contributed by atoms with Crippen LogP contribution in [0.5, 0.6) is 0 Å². The summed E-state index contributed by atoms with van der Waals surface area (Å²) in [5, 5.41) is 2.74. The Morgan fingerprint density at radius 1 is 0.909 bits per heavy atom. The summed E-state index contributed by atoms with van der Waals surface area (Å²) in [6.45, 7) is 0. The first-order valence-electron chi connectivity index (χ1n) is 9.75. The predicted molar refractivity (Wildman–Crippen MR) is 130 cm³/mol. The number of aromatic nitrogens is 1. The zero-order valence-corrected chi connectivity index (χ0v) is 19.4. The zero-order valence-electron chi connectivity index (χ0n) is 17.0. The fourth-order valence-corrected chi connectivity index (χ4v) is 5.82. The van der Waals surface area contributed by atoms with Crippen molar-refractivity contribution >= 4 is 44.6 Å². The molecule has 0 saturated carbocycles. The van der Waals surface area contributed by atoms with Crippen molar-refractivity contribution < 1.29 is 13.2 Å².